The van der Waals surface area contributed by atoms with Crippen LogP contribution in [0.2, 0.25) is 0 Å². The van der Waals surface area contributed by atoms with Gasteiger partial charge in [0, 0.05) is 41.7 Å². The lowest BCUT2D eigenvalue weighted by Crippen LogP contribution is -2.50. The SMILES string of the molecule is Cc1cc(Nc2nccs2)cc(C)c1C=CS(=O)(=O)N1CCC2(CC1)N=C(C1CCCCC1)NC2=O. The maximum Gasteiger partial charge on any atom is 0.253 e. The normalized spacial score (nSPS) is 21.2. The molecule has 5 rings (SSSR count). The lowest BCUT2D eigenvalue weighted by atomic mass is 9.88. The van der Waals surface area contributed by atoms with Crippen LogP contribution in [0.15, 0.2) is 34.1 Å². The summed E-state index contributed by atoms with van der Waals surface area (Å²) in [6.45, 7) is 4.52. The zero-order chi connectivity index (χ0) is 25.3. The number of aryl methyl sites for hydroxylation is 2. The molecule has 0 radical (unpaired) electrons. The molecule has 10 heteroatoms. The quantitative estimate of drug-likeness (QED) is 0.564. The topological polar surface area (TPSA) is 104 Å². The molecule has 1 aromatic carbocycles. The Morgan fingerprint density at radius 1 is 1.14 bits per heavy atom. The number of hydrogen-bond donors (Lipinski definition) is 2. The smallest absolute Gasteiger partial charge is 0.253 e. The molecular weight excluding hydrogens is 494 g/mol. The zero-order valence-electron chi connectivity index (χ0n) is 20.8. The minimum Gasteiger partial charge on any atom is -0.332 e. The van der Waals surface area contributed by atoms with Gasteiger partial charge in [-0.15, -0.1) is 11.3 Å². The molecular formula is C26H33N5O3S2. The lowest BCUT2D eigenvalue weighted by Gasteiger charge is -2.34. The van der Waals surface area contributed by atoms with Crippen LogP contribution in [-0.2, 0) is 14.8 Å². The number of piperidine rings is 1. The van der Waals surface area contributed by atoms with Gasteiger partial charge in [-0.2, -0.15) is 4.31 Å². The Bertz CT molecular complexity index is 1260. The van der Waals surface area contributed by atoms with Gasteiger partial charge in [0.05, 0.1) is 0 Å². The average Bonchev–Trinajstić information content (AvgIpc) is 3.47. The number of thiazole rings is 1. The highest BCUT2D eigenvalue weighted by Crippen LogP contribution is 2.35. The van der Waals surface area contributed by atoms with E-state index in [9.17, 15) is 13.2 Å². The van der Waals surface area contributed by atoms with E-state index in [2.05, 4.69) is 15.6 Å². The third kappa shape index (κ3) is 5.12. The summed E-state index contributed by atoms with van der Waals surface area (Å²) < 4.78 is 27.8. The van der Waals surface area contributed by atoms with Crippen LogP contribution in [-0.4, -0.2) is 48.1 Å². The Balaban J connectivity index is 1.25. The number of nitrogens with zero attached hydrogens (tertiary/aromatic N) is 3. The number of carbonyl (C=O) groups is 1. The van der Waals surface area contributed by atoms with E-state index in [1.165, 1.54) is 40.3 Å². The van der Waals surface area contributed by atoms with Crippen molar-refractivity contribution in [1.29, 1.82) is 0 Å². The Morgan fingerprint density at radius 3 is 2.47 bits per heavy atom. The minimum absolute atomic E-state index is 0.0617. The van der Waals surface area contributed by atoms with E-state index in [0.717, 1.165) is 46.2 Å². The van der Waals surface area contributed by atoms with Crippen molar-refractivity contribution in [3.05, 3.63) is 45.8 Å². The van der Waals surface area contributed by atoms with E-state index in [4.69, 9.17) is 4.99 Å². The highest BCUT2D eigenvalue weighted by molar-refractivity contribution is 7.92. The second kappa shape index (κ2) is 10.1. The average molecular weight is 528 g/mol. The molecule has 2 aromatic rings. The summed E-state index contributed by atoms with van der Waals surface area (Å²) in [6, 6.07) is 3.98. The van der Waals surface area contributed by atoms with E-state index < -0.39 is 15.6 Å². The predicted octanol–water partition coefficient (Wildman–Crippen LogP) is 4.75. The molecule has 1 aromatic heterocycles. The highest BCUT2D eigenvalue weighted by atomic mass is 32.2. The Hall–Kier alpha value is -2.56. The van der Waals surface area contributed by atoms with Gasteiger partial charge in [0.25, 0.3) is 5.91 Å². The van der Waals surface area contributed by atoms with E-state index in [1.54, 1.807) is 12.3 Å². The molecule has 1 aliphatic carbocycles. The third-order valence-electron chi connectivity index (χ3n) is 7.58. The standard InChI is InChI=1S/C26H33N5O3S2/c1-18-16-21(28-25-27-11-14-35-25)17-19(2)22(18)8-15-36(33,34)31-12-9-26(10-13-31)24(32)29-23(30-26)20-6-4-3-5-7-20/h8,11,14-17,20H,3-7,9-10,12-13H2,1-2H3,(H,27,28)(H,29,30,32). The van der Waals surface area contributed by atoms with Gasteiger partial charge in [-0.3, -0.25) is 9.79 Å². The van der Waals surface area contributed by atoms with Gasteiger partial charge in [0.2, 0.25) is 10.0 Å². The van der Waals surface area contributed by atoms with Crippen molar-refractivity contribution >= 4 is 50.0 Å². The fraction of sp³-hybridized carbons (Fsp3) is 0.500. The molecule has 3 heterocycles. The molecule has 1 spiro atoms. The summed E-state index contributed by atoms with van der Waals surface area (Å²) in [5, 5.41) is 10.3. The van der Waals surface area contributed by atoms with E-state index >= 15 is 0 Å². The van der Waals surface area contributed by atoms with E-state index in [1.807, 2.05) is 31.4 Å². The lowest BCUT2D eigenvalue weighted by molar-refractivity contribution is -0.124. The molecule has 0 unspecified atom stereocenters. The summed E-state index contributed by atoms with van der Waals surface area (Å²) in [6.07, 6.45) is 9.99. The number of anilines is 2. The van der Waals surface area contributed by atoms with Crippen LogP contribution in [0.5, 0.6) is 0 Å². The molecule has 1 amide bonds. The Morgan fingerprint density at radius 2 is 1.83 bits per heavy atom. The summed E-state index contributed by atoms with van der Waals surface area (Å²) in [7, 11) is -3.62. The van der Waals surface area contributed by atoms with Crippen LogP contribution in [0.4, 0.5) is 10.8 Å². The van der Waals surface area contributed by atoms with Crippen molar-refractivity contribution in [3.63, 3.8) is 0 Å². The number of benzene rings is 1. The summed E-state index contributed by atoms with van der Waals surface area (Å²) in [4.78, 5) is 22.0. The number of aliphatic imine (C=N–C) groups is 1. The molecule has 1 saturated heterocycles. The number of carbonyl (C=O) groups excluding carboxylic acids is 1. The summed E-state index contributed by atoms with van der Waals surface area (Å²) in [5.41, 5.74) is 2.95. The van der Waals surface area contributed by atoms with E-state index in [0.29, 0.717) is 18.8 Å². The van der Waals surface area contributed by atoms with Gasteiger partial charge in [-0.05, 0) is 74.4 Å². The second-order valence-corrected chi connectivity index (χ2v) is 12.8. The fourth-order valence-corrected chi connectivity index (χ4v) is 7.24. The first-order chi connectivity index (χ1) is 17.3. The first-order valence-corrected chi connectivity index (χ1v) is 15.0. The maximum absolute atomic E-state index is 13.1. The van der Waals surface area contributed by atoms with Crippen LogP contribution >= 0.6 is 11.3 Å². The van der Waals surface area contributed by atoms with Crippen LogP contribution < -0.4 is 10.6 Å². The molecule has 2 aliphatic heterocycles. The number of sulfonamides is 1. The van der Waals surface area contributed by atoms with Gasteiger partial charge in [-0.25, -0.2) is 13.4 Å². The number of aromatic nitrogens is 1. The zero-order valence-corrected chi connectivity index (χ0v) is 22.4. The van der Waals surface area contributed by atoms with Crippen molar-refractivity contribution in [2.45, 2.75) is 64.3 Å². The third-order valence-corrected chi connectivity index (χ3v) is 9.84. The van der Waals surface area contributed by atoms with Gasteiger partial charge >= 0.3 is 0 Å². The molecule has 1 saturated carbocycles. The monoisotopic (exact) mass is 527 g/mol. The molecule has 36 heavy (non-hydrogen) atoms. The minimum atomic E-state index is -3.62. The van der Waals surface area contributed by atoms with Crippen LogP contribution in [0.1, 0.15) is 61.6 Å². The molecule has 0 bridgehead atoms. The van der Waals surface area contributed by atoms with Gasteiger partial charge in [-0.1, -0.05) is 19.3 Å². The van der Waals surface area contributed by atoms with Crippen molar-refractivity contribution in [2.24, 2.45) is 10.9 Å². The molecule has 2 N–H and O–H groups in total. The largest absolute Gasteiger partial charge is 0.332 e. The highest BCUT2D eigenvalue weighted by Gasteiger charge is 2.48. The van der Waals surface area contributed by atoms with Crippen LogP contribution in [0.3, 0.4) is 0 Å². The van der Waals surface area contributed by atoms with Crippen LogP contribution in [0.25, 0.3) is 6.08 Å². The fourth-order valence-electron chi connectivity index (χ4n) is 5.52. The molecule has 8 nitrogen and oxygen atoms in total. The van der Waals surface area contributed by atoms with Crippen molar-refractivity contribution < 1.29 is 13.2 Å². The number of rotatable bonds is 6. The number of amidine groups is 1. The molecule has 192 valence electrons. The van der Waals surface area contributed by atoms with Crippen molar-refractivity contribution in [1.82, 2.24) is 14.6 Å². The summed E-state index contributed by atoms with van der Waals surface area (Å²) >= 11 is 1.52. The Kier molecular flexibility index (Phi) is 7.02. The van der Waals surface area contributed by atoms with Crippen molar-refractivity contribution in [2.75, 3.05) is 18.4 Å². The van der Waals surface area contributed by atoms with Gasteiger partial charge in [0.1, 0.15) is 11.4 Å². The second-order valence-electron chi connectivity index (χ2n) is 10.1. The number of hydrogen-bond acceptors (Lipinski definition) is 7. The maximum atomic E-state index is 13.1. The summed E-state index contributed by atoms with van der Waals surface area (Å²) in [5.74, 6) is 1.10. The number of amides is 1. The van der Waals surface area contributed by atoms with E-state index in [-0.39, 0.29) is 19.0 Å². The first kappa shape index (κ1) is 25.1. The Labute approximate surface area is 217 Å². The van der Waals surface area contributed by atoms with Gasteiger partial charge < -0.3 is 10.6 Å². The molecule has 0 atom stereocenters. The molecule has 3 aliphatic rings. The predicted molar refractivity (Wildman–Crippen MR) is 145 cm³/mol. The van der Waals surface area contributed by atoms with Gasteiger partial charge in [0.15, 0.2) is 5.13 Å². The molecule has 2 fully saturated rings. The van der Waals surface area contributed by atoms with Crippen LogP contribution in [0, 0.1) is 19.8 Å². The first-order valence-electron chi connectivity index (χ1n) is 12.6. The number of nitrogens with one attached hydrogen (secondary N) is 2. The van der Waals surface area contributed by atoms with Crippen molar-refractivity contribution in [3.8, 4) is 0 Å².